The molecule has 0 rings (SSSR count). The zero-order valence-electron chi connectivity index (χ0n) is 12.0. The molecule has 0 aliphatic carbocycles. The molecule has 0 amide bonds. The molecule has 0 atom stereocenters. The molecule has 0 saturated carbocycles. The SMILES string of the molecule is C=CC(=O)CCCC[N+](C)(C)CCCCS(=O)(=O)O. The summed E-state index contributed by atoms with van der Waals surface area (Å²) in [4.78, 5) is 11.0. The fraction of sp³-hybridized carbons (Fsp3) is 0.769. The Morgan fingerprint density at radius 1 is 1.16 bits per heavy atom. The van der Waals surface area contributed by atoms with Gasteiger partial charge in [-0.1, -0.05) is 6.58 Å². The number of ketones is 1. The van der Waals surface area contributed by atoms with Gasteiger partial charge < -0.3 is 4.48 Å². The van der Waals surface area contributed by atoms with E-state index in [1.807, 2.05) is 0 Å². The Morgan fingerprint density at radius 2 is 1.68 bits per heavy atom. The van der Waals surface area contributed by atoms with E-state index < -0.39 is 10.1 Å². The van der Waals surface area contributed by atoms with E-state index in [4.69, 9.17) is 4.55 Å². The first-order valence-electron chi connectivity index (χ1n) is 6.59. The molecule has 19 heavy (non-hydrogen) atoms. The molecule has 0 bridgehead atoms. The number of carbonyl (C=O) groups excluding carboxylic acids is 1. The molecule has 5 nitrogen and oxygen atoms in total. The molecule has 0 aliphatic rings. The summed E-state index contributed by atoms with van der Waals surface area (Å²) in [5.41, 5.74) is 0. The van der Waals surface area contributed by atoms with Crippen molar-refractivity contribution in [2.45, 2.75) is 32.1 Å². The molecule has 0 heterocycles. The van der Waals surface area contributed by atoms with E-state index >= 15 is 0 Å². The van der Waals surface area contributed by atoms with Crippen LogP contribution in [0.3, 0.4) is 0 Å². The lowest BCUT2D eigenvalue weighted by Crippen LogP contribution is -2.41. The van der Waals surface area contributed by atoms with E-state index in [9.17, 15) is 13.2 Å². The van der Waals surface area contributed by atoms with Gasteiger partial charge in [0.1, 0.15) is 0 Å². The zero-order chi connectivity index (χ0) is 14.9. The maximum absolute atomic E-state index is 11.0. The van der Waals surface area contributed by atoms with Crippen molar-refractivity contribution in [3.8, 4) is 0 Å². The van der Waals surface area contributed by atoms with E-state index in [-0.39, 0.29) is 11.5 Å². The van der Waals surface area contributed by atoms with Crippen molar-refractivity contribution in [3.05, 3.63) is 12.7 Å². The Hall–Kier alpha value is -0.720. The van der Waals surface area contributed by atoms with Crippen LogP contribution in [-0.2, 0) is 14.9 Å². The molecule has 1 N–H and O–H groups in total. The second-order valence-corrected chi connectivity index (χ2v) is 7.08. The predicted molar refractivity (Wildman–Crippen MR) is 76.5 cm³/mol. The quantitative estimate of drug-likeness (QED) is 0.272. The molecule has 112 valence electrons. The highest BCUT2D eigenvalue weighted by molar-refractivity contribution is 7.85. The van der Waals surface area contributed by atoms with Crippen molar-refractivity contribution in [2.75, 3.05) is 32.9 Å². The highest BCUT2D eigenvalue weighted by Crippen LogP contribution is 2.07. The Morgan fingerprint density at radius 3 is 2.16 bits per heavy atom. The van der Waals surface area contributed by atoms with Crippen LogP contribution in [0, 0.1) is 0 Å². The predicted octanol–water partition coefficient (Wildman–Crippen LogP) is 1.66. The highest BCUT2D eigenvalue weighted by atomic mass is 32.2. The third kappa shape index (κ3) is 12.1. The fourth-order valence-corrected chi connectivity index (χ4v) is 2.45. The van der Waals surface area contributed by atoms with Crippen LogP contribution in [0.15, 0.2) is 12.7 Å². The summed E-state index contributed by atoms with van der Waals surface area (Å²) >= 11 is 0. The standard InChI is InChI=1S/C13H25NO4S/c1-4-13(15)9-5-6-10-14(2,3)11-7-8-12-19(16,17)18/h4H,1,5-12H2,2-3H3/p+1. The van der Waals surface area contributed by atoms with E-state index in [2.05, 4.69) is 20.7 Å². The molecular weight excluding hydrogens is 266 g/mol. The van der Waals surface area contributed by atoms with Gasteiger partial charge in [0.15, 0.2) is 5.78 Å². The summed E-state index contributed by atoms with van der Waals surface area (Å²) < 4.78 is 30.6. The van der Waals surface area contributed by atoms with Gasteiger partial charge in [-0.25, -0.2) is 0 Å². The number of allylic oxidation sites excluding steroid dienone is 1. The first-order chi connectivity index (χ1) is 8.66. The van der Waals surface area contributed by atoms with Gasteiger partial charge in [0.25, 0.3) is 10.1 Å². The number of hydrogen-bond acceptors (Lipinski definition) is 3. The van der Waals surface area contributed by atoms with Crippen molar-refractivity contribution < 1.29 is 22.2 Å². The molecule has 0 fully saturated rings. The van der Waals surface area contributed by atoms with E-state index in [0.717, 1.165) is 36.8 Å². The van der Waals surface area contributed by atoms with Crippen LogP contribution in [0.4, 0.5) is 0 Å². The minimum atomic E-state index is -3.83. The molecule has 0 aliphatic heterocycles. The fourth-order valence-electron chi connectivity index (χ4n) is 1.88. The van der Waals surface area contributed by atoms with Gasteiger partial charge in [0.05, 0.1) is 32.9 Å². The lowest BCUT2D eigenvalue weighted by Gasteiger charge is -2.29. The van der Waals surface area contributed by atoms with Gasteiger partial charge in [-0.05, 0) is 31.8 Å². The van der Waals surface area contributed by atoms with Crippen molar-refractivity contribution in [2.24, 2.45) is 0 Å². The topological polar surface area (TPSA) is 71.4 Å². The molecule has 0 unspecified atom stereocenters. The van der Waals surface area contributed by atoms with Gasteiger partial charge in [-0.15, -0.1) is 0 Å². The summed E-state index contributed by atoms with van der Waals surface area (Å²) in [5.74, 6) is -0.0839. The van der Waals surface area contributed by atoms with Crippen LogP contribution in [0.2, 0.25) is 0 Å². The Bertz CT molecular complexity index is 387. The summed E-state index contributed by atoms with van der Waals surface area (Å²) in [6.45, 7) is 5.26. The zero-order valence-corrected chi connectivity index (χ0v) is 12.8. The maximum Gasteiger partial charge on any atom is 0.264 e. The number of nitrogens with zero attached hydrogens (tertiary/aromatic N) is 1. The van der Waals surface area contributed by atoms with Crippen LogP contribution >= 0.6 is 0 Å². The van der Waals surface area contributed by atoms with Crippen molar-refractivity contribution in [1.82, 2.24) is 0 Å². The van der Waals surface area contributed by atoms with Crippen LogP contribution in [0.1, 0.15) is 32.1 Å². The van der Waals surface area contributed by atoms with E-state index in [1.54, 1.807) is 0 Å². The number of quaternary nitrogens is 1. The normalized spacial score (nSPS) is 12.4. The maximum atomic E-state index is 11.0. The molecule has 0 aromatic rings. The largest absolute Gasteiger partial charge is 0.328 e. The smallest absolute Gasteiger partial charge is 0.264 e. The second-order valence-electron chi connectivity index (χ2n) is 5.50. The van der Waals surface area contributed by atoms with E-state index in [0.29, 0.717) is 12.8 Å². The number of rotatable bonds is 11. The first-order valence-corrected chi connectivity index (χ1v) is 8.20. The molecule has 0 aromatic carbocycles. The molecule has 0 saturated heterocycles. The molecular formula is C13H26NO4S+. The lowest BCUT2D eigenvalue weighted by molar-refractivity contribution is -0.890. The lowest BCUT2D eigenvalue weighted by atomic mass is 10.1. The van der Waals surface area contributed by atoms with Gasteiger partial charge in [-0.2, -0.15) is 8.42 Å². The van der Waals surface area contributed by atoms with Crippen LogP contribution < -0.4 is 0 Å². The number of unbranched alkanes of at least 4 members (excludes halogenated alkanes) is 2. The first kappa shape index (κ1) is 18.3. The summed E-state index contributed by atoms with van der Waals surface area (Å²) in [6.07, 6.45) is 4.97. The van der Waals surface area contributed by atoms with Crippen molar-refractivity contribution in [3.63, 3.8) is 0 Å². The number of carbonyl (C=O) groups is 1. The van der Waals surface area contributed by atoms with Gasteiger partial charge in [0.2, 0.25) is 0 Å². The minimum absolute atomic E-state index is 0.0819. The van der Waals surface area contributed by atoms with Crippen molar-refractivity contribution in [1.29, 1.82) is 0 Å². The summed E-state index contributed by atoms with van der Waals surface area (Å²) in [5, 5.41) is 0. The van der Waals surface area contributed by atoms with Gasteiger partial charge in [0, 0.05) is 6.42 Å². The van der Waals surface area contributed by atoms with E-state index in [1.165, 1.54) is 6.08 Å². The average Bonchev–Trinajstić information content (AvgIpc) is 2.29. The highest BCUT2D eigenvalue weighted by Gasteiger charge is 2.15. The summed E-state index contributed by atoms with van der Waals surface area (Å²) in [7, 11) is 0.343. The molecule has 0 spiro atoms. The Labute approximate surface area is 116 Å². The molecule has 0 aromatic heterocycles. The molecule has 0 radical (unpaired) electrons. The van der Waals surface area contributed by atoms with Crippen LogP contribution in [-0.4, -0.2) is 56.2 Å². The Balaban J connectivity index is 3.74. The minimum Gasteiger partial charge on any atom is -0.328 e. The average molecular weight is 292 g/mol. The van der Waals surface area contributed by atoms with Gasteiger partial charge in [-0.3, -0.25) is 9.35 Å². The van der Waals surface area contributed by atoms with Crippen LogP contribution in [0.25, 0.3) is 0 Å². The second kappa shape index (κ2) is 8.45. The monoisotopic (exact) mass is 292 g/mol. The number of hydrogen-bond donors (Lipinski definition) is 1. The van der Waals surface area contributed by atoms with Gasteiger partial charge >= 0.3 is 0 Å². The summed E-state index contributed by atoms with van der Waals surface area (Å²) in [6, 6.07) is 0. The Kier molecular flexibility index (Phi) is 8.13. The third-order valence-electron chi connectivity index (χ3n) is 3.08. The van der Waals surface area contributed by atoms with Crippen molar-refractivity contribution >= 4 is 15.9 Å². The third-order valence-corrected chi connectivity index (χ3v) is 3.88. The molecule has 6 heteroatoms. The van der Waals surface area contributed by atoms with Crippen LogP contribution in [0.5, 0.6) is 0 Å².